The third kappa shape index (κ3) is 18.2. The first-order chi connectivity index (χ1) is 56.0. The third-order valence-electron chi connectivity index (χ3n) is 23.3. The Bertz CT molecular complexity index is 5140. The van der Waals surface area contributed by atoms with Crippen LogP contribution >= 0.6 is 0 Å². The van der Waals surface area contributed by atoms with Crippen molar-refractivity contribution in [1.82, 2.24) is 45.9 Å². The summed E-state index contributed by atoms with van der Waals surface area (Å²) in [6.45, 7) is 22.2. The molecule has 4 aliphatic heterocycles. The van der Waals surface area contributed by atoms with E-state index in [1.807, 2.05) is 26.0 Å². The molecule has 6 N–H and O–H groups in total. The molecule has 3 aliphatic carbocycles. The van der Waals surface area contributed by atoms with E-state index in [0.29, 0.717) is 89.2 Å². The van der Waals surface area contributed by atoms with E-state index in [4.69, 9.17) is 48.0 Å². The molecule has 2 saturated heterocycles. The number of hydrogen-bond donors (Lipinski definition) is 5. The maximum absolute atomic E-state index is 15.2. The number of carbonyl (C=O) groups excluding carboxylic acids is 12. The number of esters is 2. The molecule has 32 nitrogen and oxygen atoms in total. The molecule has 640 valence electrons. The Hall–Kier alpha value is -11.7. The monoisotopic (exact) mass is 1650 g/mol. The van der Waals surface area contributed by atoms with Crippen molar-refractivity contribution in [3.05, 3.63) is 97.0 Å². The zero-order valence-corrected chi connectivity index (χ0v) is 71.4. The molecule has 12 unspecified atom stereocenters. The Labute approximate surface area is 689 Å². The van der Waals surface area contributed by atoms with Crippen molar-refractivity contribution in [2.24, 2.45) is 47.3 Å². The predicted molar refractivity (Wildman–Crippen MR) is 439 cm³/mol. The van der Waals surface area contributed by atoms with Gasteiger partial charge >= 0.3 is 17.6 Å². The Morgan fingerprint density at radius 1 is 0.613 bits per heavy atom. The summed E-state index contributed by atoms with van der Waals surface area (Å²) >= 11 is 0. The van der Waals surface area contributed by atoms with Gasteiger partial charge in [-0.3, -0.25) is 52.7 Å². The number of Topliss-reactive ketones (excluding diaryl/α,β-unsaturated/α-hetero) is 2. The predicted octanol–water partition coefficient (Wildman–Crippen LogP) is 7.38. The third-order valence-corrected chi connectivity index (χ3v) is 23.3. The number of aromatic nitrogens is 1. The standard InChI is InChI=1S/C64H88N10O16.C23H22O6/c1-27(2)44-53(78)35-19-17-21-37(35)61(84)71(13)25-40(75)73(15)50(29(5)6)63(86)88-33(11)46(59(82)67-44)69-57(80)39-24-23-31(9)55-48(39)66-49-42(43(65)52(77)32(10)56(49)90-55)58(81)70-47-34(12)89-64(87)51(30(7)8)74(16)41(76)26-72(14)62(85)38-22-18-20-36(38)54(79)45(28(3)4)68-60(47)83;1-23(2)11-10-15-16(29-23)12-17-19(20(15)26-4)21(27-5)18(22(24)28-17)13-6-8-14(25-3)9-7-13/h23-24,27-30,33-38,44-47,50-51H,17-22,25-26,65H2,1-16H3,(H,67,82)(H,68,83)(H,69,80)(H,70,81);6-12H,1-5H3. The van der Waals surface area contributed by atoms with E-state index in [-0.39, 0.29) is 33.7 Å². The first-order valence-electron chi connectivity index (χ1n) is 40.2. The number of benzene rings is 4. The van der Waals surface area contributed by atoms with Crippen LogP contribution in [0.3, 0.4) is 0 Å². The van der Waals surface area contributed by atoms with Gasteiger partial charge in [0.2, 0.25) is 40.9 Å². The van der Waals surface area contributed by atoms with Gasteiger partial charge in [0.05, 0.1) is 68.9 Å². The number of nitrogens with zero attached hydrogens (tertiary/aromatic N) is 5. The highest BCUT2D eigenvalue weighted by Crippen LogP contribution is 2.48. The van der Waals surface area contributed by atoms with Crippen molar-refractivity contribution >= 4 is 105 Å². The number of likely N-dealkylation sites (N-methyl/N-ethyl adjacent to an activating group) is 4. The fourth-order valence-electron chi connectivity index (χ4n) is 16.7. The fraction of sp³-hybridized carbons (Fsp3) is 0.529. The molecule has 4 fully saturated rings. The molecular formula is C87H110N10O22. The average molecular weight is 1650 g/mol. The van der Waals surface area contributed by atoms with E-state index < -0.39 is 208 Å². The topological polar surface area (TPSA) is 421 Å². The fourth-order valence-corrected chi connectivity index (χ4v) is 16.7. The number of methoxy groups -OCH3 is 3. The lowest BCUT2D eigenvalue weighted by Crippen LogP contribution is -2.59. The highest BCUT2D eigenvalue weighted by Gasteiger charge is 2.49. The van der Waals surface area contributed by atoms with Crippen LogP contribution in [0, 0.1) is 61.2 Å². The summed E-state index contributed by atoms with van der Waals surface area (Å²) in [6, 6.07) is 3.13. The molecule has 8 amide bonds. The number of amides is 8. The van der Waals surface area contributed by atoms with Crippen LogP contribution in [0.1, 0.15) is 159 Å². The van der Waals surface area contributed by atoms with E-state index in [9.17, 15) is 57.5 Å². The number of fused-ring (bicyclic) bond motifs is 6. The lowest BCUT2D eigenvalue weighted by Gasteiger charge is -2.35. The zero-order chi connectivity index (χ0) is 87.7. The van der Waals surface area contributed by atoms with Crippen LogP contribution < -0.4 is 57.0 Å². The van der Waals surface area contributed by atoms with E-state index in [2.05, 4.69) is 21.3 Å². The van der Waals surface area contributed by atoms with Gasteiger partial charge in [0.15, 0.2) is 22.9 Å². The molecule has 119 heavy (non-hydrogen) atoms. The van der Waals surface area contributed by atoms with E-state index in [1.165, 1.54) is 78.0 Å². The number of anilines is 1. The Morgan fingerprint density at radius 2 is 1.09 bits per heavy atom. The molecular weight excluding hydrogens is 1540 g/mol. The van der Waals surface area contributed by atoms with Gasteiger partial charge in [0.1, 0.15) is 92.7 Å². The Balaban J connectivity index is 0.000000427. The van der Waals surface area contributed by atoms with Crippen LogP contribution in [-0.4, -0.2) is 212 Å². The molecule has 4 aromatic rings. The molecule has 32 heteroatoms. The molecule has 0 spiro atoms. The number of ether oxygens (including phenoxy) is 6. The van der Waals surface area contributed by atoms with Gasteiger partial charge in [-0.2, -0.15) is 0 Å². The van der Waals surface area contributed by atoms with Crippen LogP contribution in [0.15, 0.2) is 67.0 Å². The summed E-state index contributed by atoms with van der Waals surface area (Å²) in [7, 11) is 10.3. The SMILES string of the molecule is COc1ccc(-c2c(OC)c3c(OC)c4c(cc3oc2=O)OC(C)(C)C=C4)cc1.Cc1c2oc3c(C)ccc(C(=O)NC4C(=O)NC(C(C)C)C(=O)C5CCCC5C(=O)N(C)CC(=O)N(C)C(C(C)C)C(=O)OC4C)c3nc-2c(C(=O)NC2C(=O)NC(C(C)C)C(=O)C3CCCC3C(=O)N(C)CC(=O)N(C)C(C(C)C)C(=O)OC2C)c(N)c1=O. The van der Waals surface area contributed by atoms with Gasteiger partial charge in [-0.05, 0) is 132 Å². The molecule has 0 bridgehead atoms. The van der Waals surface area contributed by atoms with Crippen molar-refractivity contribution in [2.45, 2.75) is 190 Å². The number of aryl methyl sites for hydroxylation is 1. The second-order valence-corrected chi connectivity index (χ2v) is 33.5. The highest BCUT2D eigenvalue weighted by molar-refractivity contribution is 6.11. The van der Waals surface area contributed by atoms with Crippen molar-refractivity contribution < 1.29 is 94.8 Å². The Kier molecular flexibility index (Phi) is 27.3. The minimum absolute atomic E-state index is 0.0668. The van der Waals surface area contributed by atoms with Gasteiger partial charge in [0.25, 0.3) is 11.8 Å². The summed E-state index contributed by atoms with van der Waals surface area (Å²) in [4.78, 5) is 210. The minimum atomic E-state index is -1.86. The number of hydrogen-bond acceptors (Lipinski definition) is 24. The van der Waals surface area contributed by atoms with E-state index >= 15 is 9.59 Å². The number of ketones is 2. The van der Waals surface area contributed by atoms with E-state index in [0.717, 1.165) is 15.4 Å². The summed E-state index contributed by atoms with van der Waals surface area (Å²) in [5.41, 5.74) is 4.78. The van der Waals surface area contributed by atoms with Crippen LogP contribution in [-0.2, 0) is 57.4 Å². The normalized spacial score (nSPS) is 24.5. The van der Waals surface area contributed by atoms with Gasteiger partial charge in [-0.1, -0.05) is 86.4 Å². The number of rotatable bonds is 12. The molecule has 12 atom stereocenters. The molecule has 3 aromatic carbocycles. The summed E-state index contributed by atoms with van der Waals surface area (Å²) in [6.07, 6.45) is 3.26. The maximum Gasteiger partial charge on any atom is 0.347 e. The second kappa shape index (κ2) is 36.2. The van der Waals surface area contributed by atoms with Crippen LogP contribution in [0.5, 0.6) is 23.0 Å². The van der Waals surface area contributed by atoms with Crippen molar-refractivity contribution in [3.63, 3.8) is 0 Å². The second-order valence-electron chi connectivity index (χ2n) is 33.5. The van der Waals surface area contributed by atoms with Gasteiger partial charge < -0.3 is 83.9 Å². The lowest BCUT2D eigenvalue weighted by atomic mass is 9.83. The molecule has 1 aromatic heterocycles. The Morgan fingerprint density at radius 3 is 1.55 bits per heavy atom. The number of nitrogen functional groups attached to an aromatic ring is 1. The minimum Gasteiger partial charge on any atom is -0.497 e. The molecule has 2 saturated carbocycles. The first-order valence-corrected chi connectivity index (χ1v) is 40.2. The summed E-state index contributed by atoms with van der Waals surface area (Å²) in [5, 5.41) is 11.4. The first kappa shape index (κ1) is 89.6. The number of cyclic esters (lactones) is 2. The highest BCUT2D eigenvalue weighted by atomic mass is 16.6. The molecule has 7 aliphatic rings. The smallest absolute Gasteiger partial charge is 0.347 e. The number of nitrogens with two attached hydrogens (primary N) is 1. The van der Waals surface area contributed by atoms with E-state index in [1.54, 1.807) is 107 Å². The lowest BCUT2D eigenvalue weighted by molar-refractivity contribution is -0.163. The van der Waals surface area contributed by atoms with Gasteiger partial charge in [-0.25, -0.2) is 19.4 Å². The molecule has 0 radical (unpaired) electrons. The average Bonchev–Trinajstić information content (AvgIpc) is 1.74. The summed E-state index contributed by atoms with van der Waals surface area (Å²) in [5.74, 6) is -12.7. The van der Waals surface area contributed by atoms with Crippen LogP contribution in [0.25, 0.3) is 50.7 Å². The number of carbonyl (C=O) groups is 12. The van der Waals surface area contributed by atoms with Crippen LogP contribution in [0.4, 0.5) is 5.69 Å². The van der Waals surface area contributed by atoms with Crippen molar-refractivity contribution in [2.75, 3.05) is 68.3 Å². The molecule has 11 rings (SSSR count). The quantitative estimate of drug-likeness (QED) is 0.0345. The van der Waals surface area contributed by atoms with Crippen LogP contribution in [0.2, 0.25) is 0 Å². The largest absolute Gasteiger partial charge is 0.497 e. The maximum atomic E-state index is 15.2. The summed E-state index contributed by atoms with van der Waals surface area (Å²) < 4.78 is 46.6. The van der Waals surface area contributed by atoms with Gasteiger partial charge in [0, 0.05) is 63.5 Å². The molecule has 5 heterocycles. The van der Waals surface area contributed by atoms with Crippen molar-refractivity contribution in [3.8, 4) is 45.6 Å². The van der Waals surface area contributed by atoms with Crippen molar-refractivity contribution in [1.29, 1.82) is 0 Å². The number of nitrogens with one attached hydrogen (secondary N) is 4. The zero-order valence-electron chi connectivity index (χ0n) is 71.4. The van der Waals surface area contributed by atoms with Gasteiger partial charge in [-0.15, -0.1) is 0 Å².